The number of hydrogen-bond donors (Lipinski definition) is 0. The van der Waals surface area contributed by atoms with Gasteiger partial charge in [0, 0.05) is 9.82 Å². The van der Waals surface area contributed by atoms with Crippen molar-refractivity contribution in [3.63, 3.8) is 0 Å². The Morgan fingerprint density at radius 2 is 1.79 bits per heavy atom. The lowest BCUT2D eigenvalue weighted by atomic mass is 10.0. The molecule has 1 aromatic carbocycles. The van der Waals surface area contributed by atoms with E-state index in [1.54, 1.807) is 12.2 Å². The van der Waals surface area contributed by atoms with Crippen LogP contribution in [0.2, 0.25) is 0 Å². The van der Waals surface area contributed by atoms with Gasteiger partial charge in [-0.25, -0.2) is 0 Å². The Morgan fingerprint density at radius 1 is 1.11 bits per heavy atom. The zero-order chi connectivity index (χ0) is 13.6. The predicted molar refractivity (Wildman–Crippen MR) is 69.9 cm³/mol. The van der Waals surface area contributed by atoms with Crippen molar-refractivity contribution in [2.24, 2.45) is 10.2 Å². The molecule has 0 bridgehead atoms. The van der Waals surface area contributed by atoms with Gasteiger partial charge in [0.05, 0.1) is 0 Å². The number of azide groups is 1. The molecule has 1 aliphatic carbocycles. The molecule has 0 N–H and O–H groups in total. The summed E-state index contributed by atoms with van der Waals surface area (Å²) in [5.74, 6) is 1.32. The van der Waals surface area contributed by atoms with Gasteiger partial charge >= 0.3 is 0 Å². The van der Waals surface area contributed by atoms with Gasteiger partial charge in [-0.1, -0.05) is 34.5 Å². The molecule has 0 aliphatic heterocycles. The first-order chi connectivity index (χ1) is 9.28. The van der Waals surface area contributed by atoms with Crippen LogP contribution < -0.4 is 4.74 Å². The summed E-state index contributed by atoms with van der Waals surface area (Å²) < 4.78 is 5.61. The number of benzene rings is 1. The molecule has 0 radical (unpaired) electrons. The Labute approximate surface area is 109 Å². The molecule has 94 valence electrons. The summed E-state index contributed by atoms with van der Waals surface area (Å²) in [6.07, 6.45) is 5.14. The van der Waals surface area contributed by atoms with Crippen molar-refractivity contribution >= 4 is 0 Å². The van der Waals surface area contributed by atoms with E-state index in [0.717, 1.165) is 0 Å². The largest absolute Gasteiger partial charge is 0.458 e. The second-order valence-corrected chi connectivity index (χ2v) is 3.82. The van der Waals surface area contributed by atoms with Gasteiger partial charge in [0.1, 0.15) is 17.2 Å². The van der Waals surface area contributed by atoms with Gasteiger partial charge in [0.2, 0.25) is 0 Å². The monoisotopic (exact) mass is 254 g/mol. The Bertz CT molecular complexity index is 590. The fourth-order valence-electron chi connectivity index (χ4n) is 1.63. The van der Waals surface area contributed by atoms with Crippen molar-refractivity contribution in [1.82, 2.24) is 0 Å². The number of rotatable bonds is 4. The molecule has 2 rings (SSSR count). The van der Waals surface area contributed by atoms with E-state index in [0.29, 0.717) is 11.5 Å². The Hall–Kier alpha value is -2.88. The number of para-hydroxylation sites is 1. The highest BCUT2D eigenvalue weighted by atomic mass is 16.5. The summed E-state index contributed by atoms with van der Waals surface area (Å²) in [5, 5.41) is 7.04. The average Bonchev–Trinajstić information content (AvgIpc) is 2.43. The Morgan fingerprint density at radius 3 is 2.32 bits per heavy atom. The average molecular weight is 254 g/mol. The highest BCUT2D eigenvalue weighted by Crippen LogP contribution is 2.28. The molecule has 1 aliphatic rings. The van der Waals surface area contributed by atoms with Gasteiger partial charge in [0.15, 0.2) is 0 Å². The quantitative estimate of drug-likeness (QED) is 0.447. The molecule has 0 amide bonds. The molecule has 0 fully saturated rings. The van der Waals surface area contributed by atoms with E-state index in [1.165, 1.54) is 6.08 Å². The highest BCUT2D eigenvalue weighted by Gasteiger charge is 2.26. The Kier molecular flexibility index (Phi) is 3.73. The third kappa shape index (κ3) is 3.07. The van der Waals surface area contributed by atoms with Gasteiger partial charge in [-0.2, -0.15) is 0 Å². The summed E-state index contributed by atoms with van der Waals surface area (Å²) in [7, 11) is 0. The summed E-state index contributed by atoms with van der Waals surface area (Å²) >= 11 is 0. The van der Waals surface area contributed by atoms with Crippen molar-refractivity contribution in [2.75, 3.05) is 0 Å². The van der Waals surface area contributed by atoms with Crippen LogP contribution in [0.3, 0.4) is 0 Å². The molecule has 1 aromatic rings. The highest BCUT2D eigenvalue weighted by molar-refractivity contribution is 5.31. The van der Waals surface area contributed by atoms with E-state index < -0.39 is 5.66 Å². The van der Waals surface area contributed by atoms with Crippen molar-refractivity contribution in [3.8, 4) is 5.75 Å². The minimum Gasteiger partial charge on any atom is -0.458 e. The van der Waals surface area contributed by atoms with E-state index in [1.807, 2.05) is 30.3 Å². The molecule has 0 saturated heterocycles. The lowest BCUT2D eigenvalue weighted by molar-refractivity contribution is 0.426. The zero-order valence-corrected chi connectivity index (χ0v) is 9.92. The summed E-state index contributed by atoms with van der Waals surface area (Å²) in [4.78, 5) is 5.40. The second-order valence-electron chi connectivity index (χ2n) is 3.82. The van der Waals surface area contributed by atoms with Crippen LogP contribution in [-0.4, -0.2) is 5.66 Å². The Balaban J connectivity index is 2.14. The first-order valence-electron chi connectivity index (χ1n) is 5.53. The minimum absolute atomic E-state index is 0.264. The van der Waals surface area contributed by atoms with E-state index in [4.69, 9.17) is 15.8 Å². The third-order valence-electron chi connectivity index (χ3n) is 2.53. The second kappa shape index (κ2) is 5.64. The van der Waals surface area contributed by atoms with Crippen LogP contribution in [0, 0.1) is 0 Å². The summed E-state index contributed by atoms with van der Waals surface area (Å²) in [6, 6.07) is 9.29. The van der Waals surface area contributed by atoms with Crippen LogP contribution in [0.1, 0.15) is 6.42 Å². The third-order valence-corrected chi connectivity index (χ3v) is 2.53. The van der Waals surface area contributed by atoms with Gasteiger partial charge in [-0.3, -0.25) is 0 Å². The van der Waals surface area contributed by atoms with E-state index in [2.05, 4.69) is 20.1 Å². The lowest BCUT2D eigenvalue weighted by Crippen LogP contribution is -2.21. The van der Waals surface area contributed by atoms with Gasteiger partial charge in [0.25, 0.3) is 0 Å². The van der Waals surface area contributed by atoms with Gasteiger partial charge in [-0.05, 0) is 41.8 Å². The van der Waals surface area contributed by atoms with E-state index in [9.17, 15) is 0 Å². The molecule has 0 heterocycles. The molecule has 0 saturated carbocycles. The standard InChI is InChI=1S/C12H10N6O/c13-17-15-12(16-18-14)8-6-11(7-9-12)19-10-4-2-1-3-5-10/h1-8H,9H2. The SMILES string of the molecule is [N-]=[N+]=NC1(N=[N+]=[N-])C=CC(Oc2ccccc2)=CC1. The molecular formula is C12H10N6O. The first-order valence-corrected chi connectivity index (χ1v) is 5.53. The molecule has 7 nitrogen and oxygen atoms in total. The molecule has 7 heteroatoms. The van der Waals surface area contributed by atoms with Crippen molar-refractivity contribution < 1.29 is 4.74 Å². The van der Waals surface area contributed by atoms with E-state index in [-0.39, 0.29) is 6.42 Å². The van der Waals surface area contributed by atoms with Crippen molar-refractivity contribution in [1.29, 1.82) is 0 Å². The van der Waals surface area contributed by atoms with E-state index >= 15 is 0 Å². The maximum atomic E-state index is 8.50. The van der Waals surface area contributed by atoms with Crippen LogP contribution >= 0.6 is 0 Å². The number of hydrogen-bond acceptors (Lipinski definition) is 3. The predicted octanol–water partition coefficient (Wildman–Crippen LogP) is 4.23. The molecular weight excluding hydrogens is 244 g/mol. The fraction of sp³-hybridized carbons (Fsp3) is 0.167. The molecule has 19 heavy (non-hydrogen) atoms. The van der Waals surface area contributed by atoms with Crippen LogP contribution in [0.4, 0.5) is 0 Å². The smallest absolute Gasteiger partial charge is 0.149 e. The number of ether oxygens (including phenoxy) is 1. The molecule has 0 aromatic heterocycles. The molecule has 0 spiro atoms. The normalized spacial score (nSPS) is 20.7. The molecule has 0 atom stereocenters. The topological polar surface area (TPSA) is 107 Å². The minimum atomic E-state index is -1.22. The van der Waals surface area contributed by atoms with Crippen molar-refractivity contribution in [2.45, 2.75) is 12.1 Å². The van der Waals surface area contributed by atoms with Crippen LogP contribution in [0.5, 0.6) is 5.75 Å². The maximum Gasteiger partial charge on any atom is 0.149 e. The number of allylic oxidation sites excluding steroid dienone is 1. The molecule has 0 unspecified atom stereocenters. The lowest BCUT2D eigenvalue weighted by Gasteiger charge is -2.21. The van der Waals surface area contributed by atoms with Gasteiger partial charge in [-0.15, -0.1) is 0 Å². The van der Waals surface area contributed by atoms with Crippen LogP contribution in [0.25, 0.3) is 20.9 Å². The fourth-order valence-corrected chi connectivity index (χ4v) is 1.63. The maximum absolute atomic E-state index is 8.50. The van der Waals surface area contributed by atoms with Crippen LogP contribution in [0.15, 0.2) is 64.5 Å². The zero-order valence-electron chi connectivity index (χ0n) is 9.92. The number of nitrogens with zero attached hydrogens (tertiary/aromatic N) is 6. The van der Waals surface area contributed by atoms with Crippen molar-refractivity contribution in [3.05, 3.63) is 75.2 Å². The first kappa shape index (κ1) is 12.6. The summed E-state index contributed by atoms with van der Waals surface area (Å²) in [6.45, 7) is 0. The van der Waals surface area contributed by atoms with Gasteiger partial charge < -0.3 is 4.74 Å². The summed E-state index contributed by atoms with van der Waals surface area (Å²) in [5.41, 5.74) is 15.8. The van der Waals surface area contributed by atoms with Crippen LogP contribution in [-0.2, 0) is 0 Å².